The van der Waals surface area contributed by atoms with Crippen LogP contribution in [0.25, 0.3) is 11.5 Å². The van der Waals surface area contributed by atoms with Crippen molar-refractivity contribution in [1.82, 2.24) is 34.6 Å². The molecule has 172 valence electrons. The van der Waals surface area contributed by atoms with Crippen molar-refractivity contribution in [2.75, 3.05) is 31.1 Å². The van der Waals surface area contributed by atoms with E-state index in [-0.39, 0.29) is 17.9 Å². The highest BCUT2D eigenvalue weighted by Gasteiger charge is 2.35. The monoisotopic (exact) mass is 469 g/mol. The lowest BCUT2D eigenvalue weighted by atomic mass is 10.2. The molecule has 1 unspecified atom stereocenters. The Hall–Kier alpha value is -3.41. The Morgan fingerprint density at radius 1 is 1.12 bits per heavy atom. The summed E-state index contributed by atoms with van der Waals surface area (Å²) in [5, 5.41) is 10.9. The van der Waals surface area contributed by atoms with Gasteiger partial charge in [-0.05, 0) is 19.4 Å². The predicted molar refractivity (Wildman–Crippen MR) is 123 cm³/mol. The number of halogens is 1. The number of piperazine rings is 1. The van der Waals surface area contributed by atoms with Crippen LogP contribution in [-0.4, -0.2) is 73.1 Å². The third kappa shape index (κ3) is 3.94. The van der Waals surface area contributed by atoms with Crippen molar-refractivity contribution in [2.24, 2.45) is 12.1 Å². The van der Waals surface area contributed by atoms with Gasteiger partial charge in [-0.25, -0.2) is 29.1 Å². The molecule has 1 fully saturated rings. The standard InChI is InChI=1S/C21H24FN9OS/c1-13-10-26-28(3)17(13)18-23-12-15(22)19(27-18)29-6-8-30(9-7-29)21(32)31-16(4-5-25-31)20-24-11-14(2)33-20/h5,10-12,16H,4,6-9H2,1-3H3. The number of hydrogen-bond acceptors (Lipinski definition) is 8. The Kier molecular flexibility index (Phi) is 5.52. The van der Waals surface area contributed by atoms with Gasteiger partial charge in [0.05, 0.1) is 12.4 Å². The number of hydrazone groups is 1. The number of anilines is 1. The van der Waals surface area contributed by atoms with Crippen LogP contribution >= 0.6 is 11.3 Å². The van der Waals surface area contributed by atoms with E-state index >= 15 is 0 Å². The van der Waals surface area contributed by atoms with Crippen molar-refractivity contribution in [3.05, 3.63) is 39.9 Å². The maximum Gasteiger partial charge on any atom is 0.341 e. The zero-order chi connectivity index (χ0) is 23.1. The zero-order valence-electron chi connectivity index (χ0n) is 18.6. The van der Waals surface area contributed by atoms with E-state index in [0.29, 0.717) is 38.4 Å². The Balaban J connectivity index is 1.29. The number of aryl methyl sites for hydroxylation is 3. The molecule has 5 rings (SSSR count). The normalized spacial score (nSPS) is 18.4. The fourth-order valence-corrected chi connectivity index (χ4v) is 5.02. The molecule has 5 heterocycles. The fraction of sp³-hybridized carbons (Fsp3) is 0.429. The molecule has 12 heteroatoms. The van der Waals surface area contributed by atoms with Crippen LogP contribution in [-0.2, 0) is 7.05 Å². The third-order valence-corrected chi connectivity index (χ3v) is 6.87. The lowest BCUT2D eigenvalue weighted by Crippen LogP contribution is -2.52. The summed E-state index contributed by atoms with van der Waals surface area (Å²) in [5.41, 5.74) is 1.67. The van der Waals surface area contributed by atoms with E-state index < -0.39 is 5.82 Å². The van der Waals surface area contributed by atoms with Gasteiger partial charge in [0.15, 0.2) is 17.5 Å². The molecular weight excluding hydrogens is 445 g/mol. The van der Waals surface area contributed by atoms with Gasteiger partial charge >= 0.3 is 6.03 Å². The Morgan fingerprint density at radius 3 is 2.58 bits per heavy atom. The molecular formula is C21H24FN9OS. The molecule has 10 nitrogen and oxygen atoms in total. The maximum absolute atomic E-state index is 14.6. The summed E-state index contributed by atoms with van der Waals surface area (Å²) in [4.78, 5) is 31.0. The van der Waals surface area contributed by atoms with Gasteiger partial charge in [0.1, 0.15) is 16.7 Å². The van der Waals surface area contributed by atoms with Gasteiger partial charge in [0.25, 0.3) is 0 Å². The Morgan fingerprint density at radius 2 is 1.91 bits per heavy atom. The second-order valence-corrected chi connectivity index (χ2v) is 9.39. The molecule has 0 bridgehead atoms. The van der Waals surface area contributed by atoms with Crippen molar-refractivity contribution in [3.8, 4) is 11.5 Å². The van der Waals surface area contributed by atoms with E-state index in [1.54, 1.807) is 40.4 Å². The maximum atomic E-state index is 14.6. The number of hydrogen-bond donors (Lipinski definition) is 0. The molecule has 2 aliphatic heterocycles. The lowest BCUT2D eigenvalue weighted by Gasteiger charge is -2.37. The summed E-state index contributed by atoms with van der Waals surface area (Å²) < 4.78 is 16.3. The molecule has 2 amide bonds. The number of carbonyl (C=O) groups is 1. The van der Waals surface area contributed by atoms with Crippen LogP contribution in [0.5, 0.6) is 0 Å². The molecule has 0 saturated carbocycles. The van der Waals surface area contributed by atoms with Gasteiger partial charge < -0.3 is 9.80 Å². The second kappa shape index (κ2) is 8.50. The number of aromatic nitrogens is 5. The van der Waals surface area contributed by atoms with Gasteiger partial charge in [-0.2, -0.15) is 10.2 Å². The van der Waals surface area contributed by atoms with Gasteiger partial charge in [0, 0.05) is 56.9 Å². The minimum atomic E-state index is -0.485. The smallest absolute Gasteiger partial charge is 0.341 e. The average molecular weight is 470 g/mol. The average Bonchev–Trinajstić information content (AvgIpc) is 3.54. The molecule has 0 aromatic carbocycles. The second-order valence-electron chi connectivity index (χ2n) is 8.12. The van der Waals surface area contributed by atoms with Crippen LogP contribution in [0.15, 0.2) is 23.7 Å². The summed E-state index contributed by atoms with van der Waals surface area (Å²) in [6.45, 7) is 5.72. The Bertz CT molecular complexity index is 1190. The first-order chi connectivity index (χ1) is 15.9. The van der Waals surface area contributed by atoms with Crippen LogP contribution < -0.4 is 4.90 Å². The number of thiazole rings is 1. The SMILES string of the molecule is Cc1cnc(C2CC=NN2C(=O)N2CCN(c3nc(-c4c(C)cnn4C)ncc3F)CC2)s1. The summed E-state index contributed by atoms with van der Waals surface area (Å²) in [5.74, 6) is 0.181. The van der Waals surface area contributed by atoms with Crippen molar-refractivity contribution < 1.29 is 9.18 Å². The van der Waals surface area contributed by atoms with E-state index in [2.05, 4.69) is 25.2 Å². The van der Waals surface area contributed by atoms with Crippen LogP contribution in [0, 0.1) is 19.7 Å². The Labute approximate surface area is 194 Å². The molecule has 3 aromatic rings. The molecule has 1 atom stereocenters. The highest BCUT2D eigenvalue weighted by atomic mass is 32.1. The van der Waals surface area contributed by atoms with Crippen LogP contribution in [0.3, 0.4) is 0 Å². The molecule has 0 aliphatic carbocycles. The first kappa shape index (κ1) is 21.4. The van der Waals surface area contributed by atoms with Crippen LogP contribution in [0.2, 0.25) is 0 Å². The summed E-state index contributed by atoms with van der Waals surface area (Å²) in [6.07, 6.45) is 7.15. The summed E-state index contributed by atoms with van der Waals surface area (Å²) in [7, 11) is 1.81. The van der Waals surface area contributed by atoms with E-state index in [1.807, 2.05) is 24.9 Å². The van der Waals surface area contributed by atoms with Gasteiger partial charge in [-0.3, -0.25) is 4.68 Å². The van der Waals surface area contributed by atoms with E-state index in [4.69, 9.17) is 0 Å². The minimum Gasteiger partial charge on any atom is -0.351 e. The van der Waals surface area contributed by atoms with Crippen LogP contribution in [0.1, 0.15) is 27.9 Å². The zero-order valence-corrected chi connectivity index (χ0v) is 19.5. The van der Waals surface area contributed by atoms with Crippen molar-refractivity contribution in [1.29, 1.82) is 0 Å². The molecule has 0 spiro atoms. The summed E-state index contributed by atoms with van der Waals surface area (Å²) >= 11 is 1.58. The molecule has 2 aliphatic rings. The quantitative estimate of drug-likeness (QED) is 0.585. The third-order valence-electron chi connectivity index (χ3n) is 5.86. The van der Waals surface area contributed by atoms with Gasteiger partial charge in [0.2, 0.25) is 0 Å². The lowest BCUT2D eigenvalue weighted by molar-refractivity contribution is 0.139. The topological polar surface area (TPSA) is 95.6 Å². The predicted octanol–water partition coefficient (Wildman–Crippen LogP) is 2.76. The minimum absolute atomic E-state index is 0.157. The number of rotatable bonds is 3. The summed E-state index contributed by atoms with van der Waals surface area (Å²) in [6, 6.07) is -0.325. The highest BCUT2D eigenvalue weighted by molar-refractivity contribution is 7.11. The van der Waals surface area contributed by atoms with Crippen molar-refractivity contribution >= 4 is 29.4 Å². The molecule has 3 aromatic heterocycles. The van der Waals surface area contributed by atoms with Crippen LogP contribution in [0.4, 0.5) is 15.0 Å². The van der Waals surface area contributed by atoms with E-state index in [0.717, 1.165) is 21.1 Å². The van der Waals surface area contributed by atoms with E-state index in [1.165, 1.54) is 11.2 Å². The molecule has 33 heavy (non-hydrogen) atoms. The number of urea groups is 1. The first-order valence-electron chi connectivity index (χ1n) is 10.7. The largest absolute Gasteiger partial charge is 0.351 e. The van der Waals surface area contributed by atoms with Crippen molar-refractivity contribution in [2.45, 2.75) is 26.3 Å². The van der Waals surface area contributed by atoms with Gasteiger partial charge in [-0.15, -0.1) is 11.3 Å². The van der Waals surface area contributed by atoms with E-state index in [9.17, 15) is 9.18 Å². The number of carbonyl (C=O) groups excluding carboxylic acids is 1. The van der Waals surface area contributed by atoms with Gasteiger partial charge in [-0.1, -0.05) is 0 Å². The molecule has 0 radical (unpaired) electrons. The highest BCUT2D eigenvalue weighted by Crippen LogP contribution is 2.32. The molecule has 0 N–H and O–H groups in total. The first-order valence-corrected chi connectivity index (χ1v) is 11.5. The van der Waals surface area contributed by atoms with Crippen molar-refractivity contribution in [3.63, 3.8) is 0 Å². The molecule has 1 saturated heterocycles. The number of nitrogens with zero attached hydrogens (tertiary/aromatic N) is 9. The number of amides is 2. The fourth-order valence-electron chi connectivity index (χ4n) is 4.15.